The van der Waals surface area contributed by atoms with Gasteiger partial charge in [-0.05, 0) is 41.1 Å². The SMILES string of the molecule is Cl.c1cc2c(Nc3ccc4sccc4c3)ncnc2cn1. The number of benzene rings is 1. The van der Waals surface area contributed by atoms with Gasteiger partial charge in [-0.1, -0.05) is 0 Å². The molecule has 0 radical (unpaired) electrons. The van der Waals surface area contributed by atoms with Gasteiger partial charge < -0.3 is 5.32 Å². The first kappa shape index (κ1) is 13.7. The molecule has 0 atom stereocenters. The maximum Gasteiger partial charge on any atom is 0.141 e. The second-order valence-corrected chi connectivity index (χ2v) is 5.36. The van der Waals surface area contributed by atoms with E-state index in [0.29, 0.717) is 0 Å². The van der Waals surface area contributed by atoms with Crippen LogP contribution in [0.1, 0.15) is 0 Å². The Morgan fingerprint density at radius 2 is 2.00 bits per heavy atom. The van der Waals surface area contributed by atoms with E-state index in [0.717, 1.165) is 22.4 Å². The number of aromatic nitrogens is 3. The summed E-state index contributed by atoms with van der Waals surface area (Å²) in [7, 11) is 0. The standard InChI is InChI=1S/C15H10N4S.ClH/c1-2-14-10(4-6-20-14)7-11(1)19-15-12-3-5-16-8-13(12)17-9-18-15;/h1-9H,(H,17,18,19);1H. The number of nitrogens with one attached hydrogen (secondary N) is 1. The van der Waals surface area contributed by atoms with Gasteiger partial charge in [-0.25, -0.2) is 9.97 Å². The van der Waals surface area contributed by atoms with Crippen molar-refractivity contribution in [2.45, 2.75) is 0 Å². The summed E-state index contributed by atoms with van der Waals surface area (Å²) in [6.07, 6.45) is 5.04. The molecule has 0 saturated heterocycles. The Morgan fingerprint density at radius 3 is 2.95 bits per heavy atom. The Kier molecular flexibility index (Phi) is 3.68. The highest BCUT2D eigenvalue weighted by Crippen LogP contribution is 2.27. The van der Waals surface area contributed by atoms with Crippen molar-refractivity contribution in [1.29, 1.82) is 0 Å². The quantitative estimate of drug-likeness (QED) is 0.595. The van der Waals surface area contributed by atoms with Crippen LogP contribution in [0, 0.1) is 0 Å². The molecule has 0 aliphatic heterocycles. The second kappa shape index (κ2) is 5.63. The lowest BCUT2D eigenvalue weighted by Gasteiger charge is -2.08. The minimum atomic E-state index is 0. The van der Waals surface area contributed by atoms with Crippen molar-refractivity contribution >= 4 is 56.2 Å². The number of rotatable bonds is 2. The van der Waals surface area contributed by atoms with Crippen LogP contribution < -0.4 is 5.32 Å². The first-order chi connectivity index (χ1) is 9.90. The van der Waals surface area contributed by atoms with E-state index in [4.69, 9.17) is 0 Å². The maximum absolute atomic E-state index is 4.32. The molecule has 0 spiro atoms. The number of hydrogen-bond donors (Lipinski definition) is 1. The highest BCUT2D eigenvalue weighted by atomic mass is 35.5. The summed E-state index contributed by atoms with van der Waals surface area (Å²) in [4.78, 5) is 12.6. The third-order valence-corrected chi connectivity index (χ3v) is 4.05. The van der Waals surface area contributed by atoms with Crippen LogP contribution in [0.5, 0.6) is 0 Å². The summed E-state index contributed by atoms with van der Waals surface area (Å²) in [6, 6.07) is 10.3. The van der Waals surface area contributed by atoms with Crippen molar-refractivity contribution in [3.05, 3.63) is 54.4 Å². The van der Waals surface area contributed by atoms with Gasteiger partial charge >= 0.3 is 0 Å². The number of pyridine rings is 1. The van der Waals surface area contributed by atoms with E-state index in [1.807, 2.05) is 6.07 Å². The van der Waals surface area contributed by atoms with Gasteiger partial charge in [-0.15, -0.1) is 23.7 Å². The number of thiophene rings is 1. The van der Waals surface area contributed by atoms with Gasteiger partial charge in [0.1, 0.15) is 12.1 Å². The summed E-state index contributed by atoms with van der Waals surface area (Å²) in [5, 5.41) is 7.65. The molecule has 104 valence electrons. The average Bonchev–Trinajstić information content (AvgIpc) is 2.95. The topological polar surface area (TPSA) is 50.7 Å². The highest BCUT2D eigenvalue weighted by Gasteiger charge is 2.04. The lowest BCUT2D eigenvalue weighted by Crippen LogP contribution is -1.95. The van der Waals surface area contributed by atoms with Crippen LogP contribution in [0.25, 0.3) is 21.0 Å². The zero-order chi connectivity index (χ0) is 13.4. The molecule has 0 unspecified atom stereocenters. The first-order valence-electron chi connectivity index (χ1n) is 6.19. The number of anilines is 2. The Hall–Kier alpha value is -2.24. The van der Waals surface area contributed by atoms with Crippen molar-refractivity contribution < 1.29 is 0 Å². The third-order valence-electron chi connectivity index (χ3n) is 3.15. The molecular weight excluding hydrogens is 304 g/mol. The predicted molar refractivity (Wildman–Crippen MR) is 89.7 cm³/mol. The highest BCUT2D eigenvalue weighted by molar-refractivity contribution is 7.17. The fraction of sp³-hybridized carbons (Fsp3) is 0. The zero-order valence-corrected chi connectivity index (χ0v) is 12.5. The minimum Gasteiger partial charge on any atom is -0.340 e. The van der Waals surface area contributed by atoms with E-state index in [2.05, 4.69) is 49.9 Å². The number of fused-ring (bicyclic) bond motifs is 2. The largest absolute Gasteiger partial charge is 0.340 e. The smallest absolute Gasteiger partial charge is 0.141 e. The molecule has 0 bridgehead atoms. The lowest BCUT2D eigenvalue weighted by atomic mass is 10.2. The average molecular weight is 315 g/mol. The Balaban J connectivity index is 0.00000132. The molecule has 4 nitrogen and oxygen atoms in total. The van der Waals surface area contributed by atoms with Crippen molar-refractivity contribution in [1.82, 2.24) is 15.0 Å². The normalized spacial score (nSPS) is 10.5. The molecule has 4 aromatic rings. The molecule has 3 heterocycles. The molecule has 1 aromatic carbocycles. The van der Waals surface area contributed by atoms with Gasteiger partial charge in [0.05, 0.1) is 11.7 Å². The van der Waals surface area contributed by atoms with E-state index in [1.54, 1.807) is 30.1 Å². The number of nitrogens with zero attached hydrogens (tertiary/aromatic N) is 3. The zero-order valence-electron chi connectivity index (χ0n) is 10.9. The summed E-state index contributed by atoms with van der Waals surface area (Å²) >= 11 is 1.74. The van der Waals surface area contributed by atoms with Crippen LogP contribution in [0.15, 0.2) is 54.4 Å². The molecular formula is C15H11ClN4S. The van der Waals surface area contributed by atoms with E-state index in [-0.39, 0.29) is 12.4 Å². The first-order valence-corrected chi connectivity index (χ1v) is 7.07. The summed E-state index contributed by atoms with van der Waals surface area (Å²) in [6.45, 7) is 0. The van der Waals surface area contributed by atoms with Gasteiger partial charge in [0, 0.05) is 22.0 Å². The van der Waals surface area contributed by atoms with Gasteiger partial charge in [0.2, 0.25) is 0 Å². The van der Waals surface area contributed by atoms with Crippen molar-refractivity contribution in [2.75, 3.05) is 5.32 Å². The molecule has 0 amide bonds. The molecule has 6 heteroatoms. The molecule has 21 heavy (non-hydrogen) atoms. The Labute approximate surface area is 131 Å². The maximum atomic E-state index is 4.32. The van der Waals surface area contributed by atoms with Crippen LogP contribution in [-0.2, 0) is 0 Å². The summed E-state index contributed by atoms with van der Waals surface area (Å²) in [5.74, 6) is 0.798. The minimum absolute atomic E-state index is 0. The van der Waals surface area contributed by atoms with E-state index in [9.17, 15) is 0 Å². The Bertz CT molecular complexity index is 901. The van der Waals surface area contributed by atoms with Crippen LogP contribution in [-0.4, -0.2) is 15.0 Å². The molecule has 0 aliphatic rings. The van der Waals surface area contributed by atoms with Gasteiger partial charge in [0.15, 0.2) is 0 Å². The van der Waals surface area contributed by atoms with Crippen LogP contribution in [0.4, 0.5) is 11.5 Å². The predicted octanol–water partition coefficient (Wildman–Crippen LogP) is 4.40. The van der Waals surface area contributed by atoms with Crippen LogP contribution in [0.3, 0.4) is 0 Å². The molecule has 3 aromatic heterocycles. The van der Waals surface area contributed by atoms with Crippen LogP contribution in [0.2, 0.25) is 0 Å². The van der Waals surface area contributed by atoms with Gasteiger partial charge in [-0.3, -0.25) is 4.98 Å². The monoisotopic (exact) mass is 314 g/mol. The van der Waals surface area contributed by atoms with E-state index >= 15 is 0 Å². The number of halogens is 1. The molecule has 0 saturated carbocycles. The summed E-state index contributed by atoms with van der Waals surface area (Å²) < 4.78 is 1.28. The molecule has 4 rings (SSSR count). The molecule has 0 fully saturated rings. The van der Waals surface area contributed by atoms with E-state index < -0.39 is 0 Å². The second-order valence-electron chi connectivity index (χ2n) is 4.41. The fourth-order valence-electron chi connectivity index (χ4n) is 2.19. The lowest BCUT2D eigenvalue weighted by molar-refractivity contribution is 1.20. The van der Waals surface area contributed by atoms with Gasteiger partial charge in [0.25, 0.3) is 0 Å². The van der Waals surface area contributed by atoms with Crippen molar-refractivity contribution in [3.8, 4) is 0 Å². The third kappa shape index (κ3) is 2.53. The Morgan fingerprint density at radius 1 is 1.05 bits per heavy atom. The van der Waals surface area contributed by atoms with Crippen molar-refractivity contribution in [2.24, 2.45) is 0 Å². The van der Waals surface area contributed by atoms with E-state index in [1.165, 1.54) is 10.1 Å². The molecule has 0 aliphatic carbocycles. The number of hydrogen-bond acceptors (Lipinski definition) is 5. The van der Waals surface area contributed by atoms with Crippen LogP contribution >= 0.6 is 23.7 Å². The van der Waals surface area contributed by atoms with Gasteiger partial charge in [-0.2, -0.15) is 0 Å². The molecule has 1 N–H and O–H groups in total. The fourth-order valence-corrected chi connectivity index (χ4v) is 2.96. The van der Waals surface area contributed by atoms with Crippen molar-refractivity contribution in [3.63, 3.8) is 0 Å². The summed E-state index contributed by atoms with van der Waals surface area (Å²) in [5.41, 5.74) is 1.86.